The van der Waals surface area contributed by atoms with Gasteiger partial charge in [-0.05, 0) is 64.8 Å². The summed E-state index contributed by atoms with van der Waals surface area (Å²) >= 11 is 0. The monoisotopic (exact) mass is 564 g/mol. The van der Waals surface area contributed by atoms with Gasteiger partial charge in [0.05, 0.1) is 41.5 Å². The zero-order valence-corrected chi connectivity index (χ0v) is 24.6. The number of rotatable bonds is 6. The van der Waals surface area contributed by atoms with Crippen LogP contribution >= 0.6 is 0 Å². The molecule has 42 heavy (non-hydrogen) atoms. The lowest BCUT2D eigenvalue weighted by molar-refractivity contribution is -0.135. The number of alkyl carbamates (subject to hydrolysis) is 1. The smallest absolute Gasteiger partial charge is 0.407 e. The van der Waals surface area contributed by atoms with Gasteiger partial charge in [0.25, 0.3) is 0 Å². The maximum absolute atomic E-state index is 13.6. The number of ether oxygens (including phenoxy) is 1. The third-order valence-corrected chi connectivity index (χ3v) is 8.28. The molecule has 1 fully saturated rings. The van der Waals surface area contributed by atoms with Crippen molar-refractivity contribution in [2.45, 2.75) is 39.3 Å². The molecule has 5 aromatic rings. The molecule has 9 nitrogen and oxygen atoms in total. The first-order chi connectivity index (χ1) is 20.2. The predicted octanol–water partition coefficient (Wildman–Crippen LogP) is 6.07. The topological polar surface area (TPSA) is 105 Å². The fraction of sp³-hybridized carbons (Fsp3) is 0.333. The van der Waals surface area contributed by atoms with Crippen LogP contribution in [0.25, 0.3) is 44.3 Å². The quantitative estimate of drug-likeness (QED) is 0.260. The minimum atomic E-state index is -0.671. The van der Waals surface area contributed by atoms with E-state index in [-0.39, 0.29) is 17.9 Å². The third kappa shape index (κ3) is 5.11. The highest BCUT2D eigenvalue weighted by Crippen LogP contribution is 2.36. The van der Waals surface area contributed by atoms with Crippen molar-refractivity contribution >= 4 is 34.1 Å². The van der Waals surface area contributed by atoms with Crippen molar-refractivity contribution < 1.29 is 14.3 Å². The molecule has 6 rings (SSSR count). The number of H-pyrrole nitrogens is 1. The van der Waals surface area contributed by atoms with Crippen LogP contribution in [0.4, 0.5) is 4.79 Å². The van der Waals surface area contributed by atoms with Crippen LogP contribution in [0.2, 0.25) is 0 Å². The first-order valence-corrected chi connectivity index (χ1v) is 14.4. The minimum Gasteiger partial charge on any atom is -0.453 e. The van der Waals surface area contributed by atoms with Gasteiger partial charge < -0.3 is 24.5 Å². The minimum absolute atomic E-state index is 0.0872. The van der Waals surface area contributed by atoms with E-state index in [1.54, 1.807) is 0 Å². The van der Waals surface area contributed by atoms with Crippen molar-refractivity contribution in [2.75, 3.05) is 13.7 Å². The molecular weight excluding hydrogens is 528 g/mol. The summed E-state index contributed by atoms with van der Waals surface area (Å²) in [4.78, 5) is 40.2. The SMILES string of the molecule is COC(=O)N[C@H](C(=O)N1C[C@@H](C)C[C@H]1c1nc2ccc(-c3ccc(-c4ccc5ncn(C)c5c4)cc3)cc2[nH]1)C(C)C. The highest BCUT2D eigenvalue weighted by Gasteiger charge is 2.40. The van der Waals surface area contributed by atoms with Crippen LogP contribution in [0.3, 0.4) is 0 Å². The van der Waals surface area contributed by atoms with E-state index in [9.17, 15) is 9.59 Å². The largest absolute Gasteiger partial charge is 0.453 e. The molecule has 1 saturated heterocycles. The number of fused-ring (bicyclic) bond motifs is 2. The van der Waals surface area contributed by atoms with Crippen molar-refractivity contribution in [2.24, 2.45) is 18.9 Å². The number of likely N-dealkylation sites (tertiary alicyclic amines) is 1. The molecule has 1 aliphatic rings. The second-order valence-electron chi connectivity index (χ2n) is 11.7. The second kappa shape index (κ2) is 11.0. The van der Waals surface area contributed by atoms with E-state index in [0.717, 1.165) is 56.6 Å². The standard InChI is InChI=1S/C33H36N6O3/c1-19(2)30(37-33(41)42-5)32(40)39-17-20(3)14-29(39)31-35-25-12-10-23(15-27(25)36-31)21-6-8-22(9-7-21)24-11-13-26-28(16-24)38(4)18-34-26/h6-13,15-16,18-20,29-30H,14,17H2,1-5H3,(H,35,36)(H,37,41)/t20-,29-,30-/m0/s1. The van der Waals surface area contributed by atoms with E-state index in [4.69, 9.17) is 9.72 Å². The Kier molecular flexibility index (Phi) is 7.18. The van der Waals surface area contributed by atoms with E-state index >= 15 is 0 Å². The van der Waals surface area contributed by atoms with Gasteiger partial charge in [-0.15, -0.1) is 0 Å². The highest BCUT2D eigenvalue weighted by atomic mass is 16.5. The molecule has 3 aromatic carbocycles. The summed E-state index contributed by atoms with van der Waals surface area (Å²) in [5.41, 5.74) is 8.37. The number of aryl methyl sites for hydroxylation is 1. The van der Waals surface area contributed by atoms with Crippen LogP contribution in [-0.4, -0.2) is 56.1 Å². The van der Waals surface area contributed by atoms with Gasteiger partial charge in [-0.25, -0.2) is 14.8 Å². The van der Waals surface area contributed by atoms with Gasteiger partial charge in [-0.1, -0.05) is 57.2 Å². The first kappa shape index (κ1) is 27.5. The maximum atomic E-state index is 13.6. The lowest BCUT2D eigenvalue weighted by Crippen LogP contribution is -2.51. The number of carbonyl (C=O) groups is 2. The molecule has 0 unspecified atom stereocenters. The average molecular weight is 565 g/mol. The number of imidazole rings is 2. The molecule has 2 N–H and O–H groups in total. The van der Waals surface area contributed by atoms with Crippen molar-refractivity contribution in [1.82, 2.24) is 29.7 Å². The molecule has 0 saturated carbocycles. The maximum Gasteiger partial charge on any atom is 0.407 e. The van der Waals surface area contributed by atoms with Gasteiger partial charge >= 0.3 is 6.09 Å². The Morgan fingerprint density at radius 3 is 2.29 bits per heavy atom. The molecular formula is C33H36N6O3. The van der Waals surface area contributed by atoms with E-state index < -0.39 is 12.1 Å². The Bertz CT molecular complexity index is 1770. The van der Waals surface area contributed by atoms with Crippen LogP contribution in [0, 0.1) is 11.8 Å². The summed E-state index contributed by atoms with van der Waals surface area (Å²) in [6, 6.07) is 20.3. The summed E-state index contributed by atoms with van der Waals surface area (Å²) < 4.78 is 6.80. The van der Waals surface area contributed by atoms with E-state index in [1.807, 2.05) is 42.8 Å². The van der Waals surface area contributed by atoms with Gasteiger partial charge in [-0.2, -0.15) is 0 Å². The Morgan fingerprint density at radius 2 is 1.62 bits per heavy atom. The Labute approximate surface area is 244 Å². The molecule has 3 heterocycles. The number of hydrogen-bond donors (Lipinski definition) is 2. The van der Waals surface area contributed by atoms with E-state index in [1.165, 1.54) is 7.11 Å². The summed E-state index contributed by atoms with van der Waals surface area (Å²) in [6.45, 7) is 6.58. The van der Waals surface area contributed by atoms with E-state index in [2.05, 4.69) is 76.8 Å². The number of amides is 2. The lowest BCUT2D eigenvalue weighted by Gasteiger charge is -2.30. The van der Waals surface area contributed by atoms with Crippen molar-refractivity contribution in [3.05, 3.63) is 72.8 Å². The highest BCUT2D eigenvalue weighted by molar-refractivity contribution is 5.87. The fourth-order valence-electron chi connectivity index (χ4n) is 5.95. The van der Waals surface area contributed by atoms with Crippen LogP contribution < -0.4 is 5.32 Å². The Morgan fingerprint density at radius 1 is 0.976 bits per heavy atom. The first-order valence-electron chi connectivity index (χ1n) is 14.4. The van der Waals surface area contributed by atoms with Crippen molar-refractivity contribution in [3.63, 3.8) is 0 Å². The van der Waals surface area contributed by atoms with Gasteiger partial charge in [0.15, 0.2) is 0 Å². The molecule has 9 heteroatoms. The molecule has 2 amide bonds. The summed E-state index contributed by atoms with van der Waals surface area (Å²) in [6.07, 6.45) is 2.03. The van der Waals surface area contributed by atoms with Crippen LogP contribution in [-0.2, 0) is 16.6 Å². The van der Waals surface area contributed by atoms with Crippen LogP contribution in [0.5, 0.6) is 0 Å². The normalized spacial score (nSPS) is 17.7. The Hall–Kier alpha value is -4.66. The Balaban J connectivity index is 1.25. The zero-order chi connectivity index (χ0) is 29.5. The number of nitrogens with one attached hydrogen (secondary N) is 2. The number of nitrogens with zero attached hydrogens (tertiary/aromatic N) is 4. The fourth-order valence-corrected chi connectivity index (χ4v) is 5.95. The average Bonchev–Trinajstić information content (AvgIpc) is 3.71. The number of methoxy groups -OCH3 is 1. The van der Waals surface area contributed by atoms with Gasteiger partial charge in [0, 0.05) is 13.6 Å². The molecule has 0 aliphatic carbocycles. The lowest BCUT2D eigenvalue weighted by atomic mass is 10.00. The van der Waals surface area contributed by atoms with Gasteiger partial charge in [-0.3, -0.25) is 4.79 Å². The molecule has 3 atom stereocenters. The number of aromatic amines is 1. The van der Waals surface area contributed by atoms with Crippen LogP contribution in [0.15, 0.2) is 67.0 Å². The third-order valence-electron chi connectivity index (χ3n) is 8.28. The summed E-state index contributed by atoms with van der Waals surface area (Å²) in [5.74, 6) is 0.872. The summed E-state index contributed by atoms with van der Waals surface area (Å²) in [7, 11) is 3.31. The van der Waals surface area contributed by atoms with Crippen molar-refractivity contribution in [3.8, 4) is 22.3 Å². The molecule has 1 aliphatic heterocycles. The molecule has 0 bridgehead atoms. The van der Waals surface area contributed by atoms with E-state index in [0.29, 0.717) is 12.5 Å². The molecule has 2 aromatic heterocycles. The van der Waals surface area contributed by atoms with Crippen LogP contribution in [0.1, 0.15) is 39.1 Å². The molecule has 216 valence electrons. The number of aromatic nitrogens is 4. The molecule has 0 spiro atoms. The van der Waals surface area contributed by atoms with Gasteiger partial charge in [0.1, 0.15) is 11.9 Å². The zero-order valence-electron chi connectivity index (χ0n) is 24.6. The van der Waals surface area contributed by atoms with Crippen molar-refractivity contribution in [1.29, 1.82) is 0 Å². The number of carbonyl (C=O) groups excluding carboxylic acids is 2. The predicted molar refractivity (Wildman–Crippen MR) is 164 cm³/mol. The molecule has 0 radical (unpaired) electrons. The number of hydrogen-bond acceptors (Lipinski definition) is 5. The second-order valence-corrected chi connectivity index (χ2v) is 11.7. The van der Waals surface area contributed by atoms with Gasteiger partial charge in [0.2, 0.25) is 5.91 Å². The number of benzene rings is 3. The summed E-state index contributed by atoms with van der Waals surface area (Å²) in [5, 5.41) is 2.72.